The molecule has 1 saturated heterocycles. The summed E-state index contributed by atoms with van der Waals surface area (Å²) in [7, 11) is 0. The van der Waals surface area contributed by atoms with E-state index in [4.69, 9.17) is 9.47 Å². The first-order chi connectivity index (χ1) is 7.31. The molecule has 4 bridgehead atoms. The summed E-state index contributed by atoms with van der Waals surface area (Å²) in [5, 5.41) is 0. The maximum absolute atomic E-state index is 6.24. The second kappa shape index (κ2) is 2.98. The smallest absolute Gasteiger partial charge is 0.104 e. The van der Waals surface area contributed by atoms with Crippen LogP contribution in [0.5, 0.6) is 0 Å². The lowest BCUT2D eigenvalue weighted by atomic mass is 9.54. The van der Waals surface area contributed by atoms with Crippen LogP contribution in [0, 0.1) is 17.8 Å². The molecule has 2 nitrogen and oxygen atoms in total. The topological polar surface area (TPSA) is 21.8 Å². The molecule has 84 valence electrons. The summed E-state index contributed by atoms with van der Waals surface area (Å²) in [6, 6.07) is 0. The highest BCUT2D eigenvalue weighted by molar-refractivity contribution is 5.03. The minimum absolute atomic E-state index is 0.292. The normalized spacial score (nSPS) is 56.0. The molecule has 2 heteroatoms. The molecule has 0 N–H and O–H groups in total. The summed E-state index contributed by atoms with van der Waals surface area (Å²) in [6.07, 6.45) is 9.01. The van der Waals surface area contributed by atoms with Crippen LogP contribution < -0.4 is 0 Å². The van der Waals surface area contributed by atoms with Crippen molar-refractivity contribution in [2.24, 2.45) is 17.8 Å². The number of epoxide rings is 1. The number of rotatable bonds is 3. The van der Waals surface area contributed by atoms with Crippen LogP contribution in [0.3, 0.4) is 0 Å². The Bertz CT molecular complexity index is 234. The molecule has 5 fully saturated rings. The third-order valence-corrected chi connectivity index (χ3v) is 4.96. The maximum atomic E-state index is 6.24. The second-order valence-corrected chi connectivity index (χ2v) is 6.37. The highest BCUT2D eigenvalue weighted by atomic mass is 16.6. The van der Waals surface area contributed by atoms with Gasteiger partial charge in [0.1, 0.15) is 6.10 Å². The molecule has 0 aromatic heterocycles. The van der Waals surface area contributed by atoms with Crippen molar-refractivity contribution in [3.63, 3.8) is 0 Å². The largest absolute Gasteiger partial charge is 0.372 e. The Morgan fingerprint density at radius 1 is 1.00 bits per heavy atom. The monoisotopic (exact) mass is 208 g/mol. The molecule has 0 aromatic rings. The van der Waals surface area contributed by atoms with E-state index < -0.39 is 0 Å². The van der Waals surface area contributed by atoms with Crippen LogP contribution in [0.25, 0.3) is 0 Å². The third-order valence-electron chi connectivity index (χ3n) is 4.96. The van der Waals surface area contributed by atoms with E-state index in [9.17, 15) is 0 Å². The molecule has 4 saturated carbocycles. The Balaban J connectivity index is 1.50. The van der Waals surface area contributed by atoms with E-state index in [0.717, 1.165) is 31.0 Å². The zero-order chi connectivity index (χ0) is 9.88. The van der Waals surface area contributed by atoms with E-state index in [1.807, 2.05) is 0 Å². The van der Waals surface area contributed by atoms with Crippen LogP contribution in [-0.4, -0.2) is 24.9 Å². The van der Waals surface area contributed by atoms with Crippen molar-refractivity contribution in [1.29, 1.82) is 0 Å². The highest BCUT2D eigenvalue weighted by Crippen LogP contribution is 2.57. The molecule has 1 heterocycles. The minimum Gasteiger partial charge on any atom is -0.372 e. The molecule has 4 aliphatic carbocycles. The quantitative estimate of drug-likeness (QED) is 0.664. The second-order valence-electron chi connectivity index (χ2n) is 6.37. The molecule has 5 rings (SSSR count). The fraction of sp³-hybridized carbons (Fsp3) is 1.00. The Kier molecular flexibility index (Phi) is 1.79. The minimum atomic E-state index is 0.292. The van der Waals surface area contributed by atoms with E-state index >= 15 is 0 Å². The van der Waals surface area contributed by atoms with Gasteiger partial charge in [-0.05, 0) is 56.3 Å². The van der Waals surface area contributed by atoms with Crippen molar-refractivity contribution >= 4 is 0 Å². The average molecular weight is 208 g/mol. The van der Waals surface area contributed by atoms with Gasteiger partial charge in [0.2, 0.25) is 0 Å². The predicted molar refractivity (Wildman–Crippen MR) is 56.6 cm³/mol. The predicted octanol–water partition coefficient (Wildman–Crippen LogP) is 2.37. The van der Waals surface area contributed by atoms with Gasteiger partial charge in [0.15, 0.2) is 0 Å². The van der Waals surface area contributed by atoms with Crippen molar-refractivity contribution in [3.8, 4) is 0 Å². The van der Waals surface area contributed by atoms with Crippen LogP contribution >= 0.6 is 0 Å². The Morgan fingerprint density at radius 3 is 2.00 bits per heavy atom. The van der Waals surface area contributed by atoms with Crippen molar-refractivity contribution in [3.05, 3.63) is 0 Å². The van der Waals surface area contributed by atoms with Crippen molar-refractivity contribution in [2.45, 2.75) is 50.2 Å². The molecule has 0 aromatic carbocycles. The van der Waals surface area contributed by atoms with Gasteiger partial charge in [0, 0.05) is 0 Å². The summed E-state index contributed by atoms with van der Waals surface area (Å²) < 4.78 is 11.5. The molecule has 1 aliphatic heterocycles. The fourth-order valence-corrected chi connectivity index (χ4v) is 4.64. The van der Waals surface area contributed by atoms with Crippen LogP contribution in [0.4, 0.5) is 0 Å². The van der Waals surface area contributed by atoms with E-state index in [0.29, 0.717) is 11.7 Å². The van der Waals surface area contributed by atoms with E-state index in [-0.39, 0.29) is 0 Å². The van der Waals surface area contributed by atoms with E-state index in [2.05, 4.69) is 0 Å². The van der Waals surface area contributed by atoms with Gasteiger partial charge in [-0.15, -0.1) is 0 Å². The van der Waals surface area contributed by atoms with Crippen LogP contribution in [0.15, 0.2) is 0 Å². The first kappa shape index (κ1) is 9.00. The molecule has 0 amide bonds. The summed E-state index contributed by atoms with van der Waals surface area (Å²) in [5.41, 5.74) is 0.292. The average Bonchev–Trinajstić information content (AvgIpc) is 2.95. The molecule has 1 atom stereocenters. The van der Waals surface area contributed by atoms with Crippen LogP contribution in [0.1, 0.15) is 38.5 Å². The molecular formula is C13H20O2. The van der Waals surface area contributed by atoms with Crippen LogP contribution in [-0.2, 0) is 9.47 Å². The summed E-state index contributed by atoms with van der Waals surface area (Å²) in [4.78, 5) is 0. The Hall–Kier alpha value is -0.0800. The molecule has 0 radical (unpaired) electrons. The maximum Gasteiger partial charge on any atom is 0.104 e. The number of hydrogen-bond donors (Lipinski definition) is 0. The molecular weight excluding hydrogens is 188 g/mol. The molecule has 5 aliphatic rings. The van der Waals surface area contributed by atoms with Crippen molar-refractivity contribution in [2.75, 3.05) is 13.2 Å². The van der Waals surface area contributed by atoms with E-state index in [1.165, 1.54) is 38.5 Å². The van der Waals surface area contributed by atoms with Gasteiger partial charge in [-0.1, -0.05) is 0 Å². The van der Waals surface area contributed by atoms with Crippen molar-refractivity contribution in [1.82, 2.24) is 0 Å². The fourth-order valence-electron chi connectivity index (χ4n) is 4.64. The first-order valence-electron chi connectivity index (χ1n) is 6.57. The lowest BCUT2D eigenvalue weighted by Crippen LogP contribution is -2.52. The zero-order valence-electron chi connectivity index (χ0n) is 9.28. The Morgan fingerprint density at radius 2 is 1.53 bits per heavy atom. The highest BCUT2D eigenvalue weighted by Gasteiger charge is 2.52. The van der Waals surface area contributed by atoms with Gasteiger partial charge >= 0.3 is 0 Å². The van der Waals surface area contributed by atoms with Crippen molar-refractivity contribution < 1.29 is 9.47 Å². The SMILES string of the molecule is C1C2CC3CC1CC(OCC1CO1)(C2)C3. The number of hydrogen-bond acceptors (Lipinski definition) is 2. The van der Waals surface area contributed by atoms with Crippen LogP contribution in [0.2, 0.25) is 0 Å². The molecule has 15 heavy (non-hydrogen) atoms. The number of ether oxygens (including phenoxy) is 2. The van der Waals surface area contributed by atoms with Gasteiger partial charge in [0.25, 0.3) is 0 Å². The lowest BCUT2D eigenvalue weighted by molar-refractivity contribution is -0.164. The van der Waals surface area contributed by atoms with E-state index in [1.54, 1.807) is 0 Å². The summed E-state index contributed by atoms with van der Waals surface area (Å²) >= 11 is 0. The lowest BCUT2D eigenvalue weighted by Gasteiger charge is -2.56. The summed E-state index contributed by atoms with van der Waals surface area (Å²) in [6.45, 7) is 1.80. The third kappa shape index (κ3) is 1.53. The standard InChI is InChI=1S/C13H20O2/c1-9-2-11-3-10(1)5-13(4-9,6-11)15-8-12-7-14-12/h9-12H,1-8H2. The molecule has 1 unspecified atom stereocenters. The van der Waals surface area contributed by atoms with Gasteiger partial charge in [-0.25, -0.2) is 0 Å². The first-order valence-corrected chi connectivity index (χ1v) is 6.57. The van der Waals surface area contributed by atoms with Gasteiger partial charge in [0.05, 0.1) is 18.8 Å². The molecule has 0 spiro atoms. The van der Waals surface area contributed by atoms with Gasteiger partial charge in [-0.2, -0.15) is 0 Å². The van der Waals surface area contributed by atoms with Gasteiger partial charge < -0.3 is 9.47 Å². The Labute approximate surface area is 91.3 Å². The van der Waals surface area contributed by atoms with Gasteiger partial charge in [-0.3, -0.25) is 0 Å². The zero-order valence-corrected chi connectivity index (χ0v) is 9.28. The summed E-state index contributed by atoms with van der Waals surface area (Å²) in [5.74, 6) is 2.99.